The molecular formula is C12H15FO5. The molecule has 0 aromatic heterocycles. The van der Waals surface area contributed by atoms with Crippen molar-refractivity contribution in [1.82, 2.24) is 0 Å². The standard InChI is InChI=1S/C12H15FO5/c13-9-2-1-6(15)3-8(9)12-11(17)10(16)4-7(5-14)18-12/h1-3,7,10-12,14-17H,4-5H2/t7-,10-,11-,12+/m0/s1. The first kappa shape index (κ1) is 13.2. The van der Waals surface area contributed by atoms with E-state index in [1.165, 1.54) is 6.07 Å². The van der Waals surface area contributed by atoms with E-state index in [1.807, 2.05) is 0 Å². The number of aliphatic hydroxyl groups is 3. The van der Waals surface area contributed by atoms with Gasteiger partial charge in [-0.15, -0.1) is 0 Å². The van der Waals surface area contributed by atoms with Crippen molar-refractivity contribution in [1.29, 1.82) is 0 Å². The van der Waals surface area contributed by atoms with E-state index in [9.17, 15) is 19.7 Å². The molecule has 1 saturated heterocycles. The first-order chi connectivity index (χ1) is 8.52. The van der Waals surface area contributed by atoms with Crippen LogP contribution in [0.4, 0.5) is 4.39 Å². The Morgan fingerprint density at radius 3 is 2.72 bits per heavy atom. The van der Waals surface area contributed by atoms with Crippen LogP contribution in [0.1, 0.15) is 18.1 Å². The Bertz CT molecular complexity index is 425. The van der Waals surface area contributed by atoms with Crippen molar-refractivity contribution >= 4 is 0 Å². The van der Waals surface area contributed by atoms with Crippen molar-refractivity contribution in [3.8, 4) is 5.75 Å². The van der Waals surface area contributed by atoms with Crippen molar-refractivity contribution < 1.29 is 29.6 Å². The summed E-state index contributed by atoms with van der Waals surface area (Å²) in [7, 11) is 0. The molecular weight excluding hydrogens is 243 g/mol. The molecule has 5 nitrogen and oxygen atoms in total. The van der Waals surface area contributed by atoms with Crippen LogP contribution in [-0.2, 0) is 4.74 Å². The molecule has 0 saturated carbocycles. The third kappa shape index (κ3) is 2.46. The van der Waals surface area contributed by atoms with Gasteiger partial charge in [0, 0.05) is 12.0 Å². The molecule has 0 spiro atoms. The van der Waals surface area contributed by atoms with Crippen molar-refractivity contribution in [3.05, 3.63) is 29.6 Å². The van der Waals surface area contributed by atoms with Crippen LogP contribution in [0.25, 0.3) is 0 Å². The fourth-order valence-corrected chi connectivity index (χ4v) is 2.08. The lowest BCUT2D eigenvalue weighted by Crippen LogP contribution is -2.44. The van der Waals surface area contributed by atoms with Gasteiger partial charge in [0.15, 0.2) is 0 Å². The van der Waals surface area contributed by atoms with Gasteiger partial charge in [-0.05, 0) is 18.2 Å². The molecule has 0 unspecified atom stereocenters. The van der Waals surface area contributed by atoms with Gasteiger partial charge in [-0.1, -0.05) is 0 Å². The Hall–Kier alpha value is -1.21. The van der Waals surface area contributed by atoms with E-state index in [4.69, 9.17) is 9.84 Å². The molecule has 0 radical (unpaired) electrons. The van der Waals surface area contributed by atoms with E-state index in [0.717, 1.165) is 12.1 Å². The van der Waals surface area contributed by atoms with Crippen LogP contribution in [-0.4, -0.2) is 45.3 Å². The van der Waals surface area contributed by atoms with Gasteiger partial charge in [-0.2, -0.15) is 0 Å². The number of halogens is 1. The van der Waals surface area contributed by atoms with Gasteiger partial charge in [0.05, 0.1) is 18.8 Å². The van der Waals surface area contributed by atoms with Gasteiger partial charge in [-0.3, -0.25) is 0 Å². The molecule has 1 aromatic carbocycles. The normalized spacial score (nSPS) is 32.4. The molecule has 1 fully saturated rings. The SMILES string of the molecule is OC[C@@H]1C[C@H](O)[C@H](O)[C@@H](c2cc(O)ccc2F)O1. The van der Waals surface area contributed by atoms with E-state index in [-0.39, 0.29) is 24.3 Å². The maximum absolute atomic E-state index is 13.6. The molecule has 0 aliphatic carbocycles. The van der Waals surface area contributed by atoms with E-state index >= 15 is 0 Å². The maximum atomic E-state index is 13.6. The number of phenols is 1. The van der Waals surface area contributed by atoms with Crippen LogP contribution < -0.4 is 0 Å². The highest BCUT2D eigenvalue weighted by Gasteiger charge is 2.38. The van der Waals surface area contributed by atoms with Gasteiger partial charge >= 0.3 is 0 Å². The van der Waals surface area contributed by atoms with Gasteiger partial charge in [-0.25, -0.2) is 4.39 Å². The van der Waals surface area contributed by atoms with E-state index in [0.29, 0.717) is 0 Å². The summed E-state index contributed by atoms with van der Waals surface area (Å²) >= 11 is 0. The second-order valence-corrected chi connectivity index (χ2v) is 4.36. The van der Waals surface area contributed by atoms with E-state index in [1.54, 1.807) is 0 Å². The second kappa shape index (κ2) is 5.19. The molecule has 1 heterocycles. The average molecular weight is 258 g/mol. The van der Waals surface area contributed by atoms with Crippen molar-refractivity contribution in [3.63, 3.8) is 0 Å². The fraction of sp³-hybridized carbons (Fsp3) is 0.500. The number of benzene rings is 1. The first-order valence-electron chi connectivity index (χ1n) is 5.63. The molecule has 2 rings (SSSR count). The summed E-state index contributed by atoms with van der Waals surface area (Å²) in [6.45, 7) is -0.333. The Labute approximate surface area is 103 Å². The number of hydrogen-bond donors (Lipinski definition) is 4. The third-order valence-electron chi connectivity index (χ3n) is 3.04. The predicted octanol–water partition coefficient (Wildman–Crippen LogP) is 0.0754. The summed E-state index contributed by atoms with van der Waals surface area (Å²) < 4.78 is 19.0. The zero-order valence-electron chi connectivity index (χ0n) is 9.53. The fourth-order valence-electron chi connectivity index (χ4n) is 2.08. The van der Waals surface area contributed by atoms with Crippen molar-refractivity contribution in [2.24, 2.45) is 0 Å². The topological polar surface area (TPSA) is 90.2 Å². The molecule has 4 atom stereocenters. The lowest BCUT2D eigenvalue weighted by Gasteiger charge is -2.36. The van der Waals surface area contributed by atoms with Crippen LogP contribution in [0.5, 0.6) is 5.75 Å². The summed E-state index contributed by atoms with van der Waals surface area (Å²) in [5.74, 6) is -0.814. The van der Waals surface area contributed by atoms with Gasteiger partial charge in [0.1, 0.15) is 23.8 Å². The van der Waals surface area contributed by atoms with Crippen LogP contribution in [0, 0.1) is 5.82 Å². The smallest absolute Gasteiger partial charge is 0.129 e. The molecule has 100 valence electrons. The Balaban J connectivity index is 2.32. The number of phenolic OH excluding ortho intramolecular Hbond substituents is 1. The monoisotopic (exact) mass is 258 g/mol. The summed E-state index contributed by atoms with van der Waals surface area (Å²) in [6.07, 6.45) is -4.12. The largest absolute Gasteiger partial charge is 0.508 e. The number of rotatable bonds is 2. The molecule has 1 aromatic rings. The number of hydrogen-bond acceptors (Lipinski definition) is 5. The number of aromatic hydroxyl groups is 1. The van der Waals surface area contributed by atoms with Crippen LogP contribution in [0.2, 0.25) is 0 Å². The van der Waals surface area contributed by atoms with Gasteiger partial charge < -0.3 is 25.2 Å². The minimum absolute atomic E-state index is 0.0419. The average Bonchev–Trinajstić information content (AvgIpc) is 2.35. The Morgan fingerprint density at radius 2 is 2.06 bits per heavy atom. The number of ether oxygens (including phenoxy) is 1. The highest BCUT2D eigenvalue weighted by Crippen LogP contribution is 2.34. The molecule has 0 amide bonds. The van der Waals surface area contributed by atoms with Crippen LogP contribution >= 0.6 is 0 Å². The Kier molecular flexibility index (Phi) is 3.82. The lowest BCUT2D eigenvalue weighted by atomic mass is 9.93. The Morgan fingerprint density at radius 1 is 1.33 bits per heavy atom. The lowest BCUT2D eigenvalue weighted by molar-refractivity contribution is -0.180. The highest BCUT2D eigenvalue weighted by molar-refractivity contribution is 5.31. The minimum Gasteiger partial charge on any atom is -0.508 e. The minimum atomic E-state index is -1.30. The molecule has 18 heavy (non-hydrogen) atoms. The predicted molar refractivity (Wildman–Crippen MR) is 59.4 cm³/mol. The third-order valence-corrected chi connectivity index (χ3v) is 3.04. The number of aliphatic hydroxyl groups excluding tert-OH is 3. The van der Waals surface area contributed by atoms with E-state index < -0.39 is 30.2 Å². The summed E-state index contributed by atoms with van der Waals surface area (Å²) in [4.78, 5) is 0. The molecule has 0 bridgehead atoms. The summed E-state index contributed by atoms with van der Waals surface area (Å²) in [5.41, 5.74) is -0.0419. The second-order valence-electron chi connectivity index (χ2n) is 4.36. The molecule has 1 aliphatic rings. The van der Waals surface area contributed by atoms with Crippen molar-refractivity contribution in [2.45, 2.75) is 30.8 Å². The zero-order valence-corrected chi connectivity index (χ0v) is 9.53. The van der Waals surface area contributed by atoms with Crippen LogP contribution in [0.3, 0.4) is 0 Å². The summed E-state index contributed by atoms with van der Waals surface area (Å²) in [6, 6.07) is 3.36. The van der Waals surface area contributed by atoms with Crippen molar-refractivity contribution in [2.75, 3.05) is 6.61 Å². The molecule has 1 aliphatic heterocycles. The van der Waals surface area contributed by atoms with E-state index in [2.05, 4.69) is 0 Å². The first-order valence-corrected chi connectivity index (χ1v) is 5.63. The highest BCUT2D eigenvalue weighted by atomic mass is 19.1. The zero-order chi connectivity index (χ0) is 13.3. The molecule has 6 heteroatoms. The maximum Gasteiger partial charge on any atom is 0.129 e. The van der Waals surface area contributed by atoms with Gasteiger partial charge in [0.2, 0.25) is 0 Å². The molecule has 4 N–H and O–H groups in total. The quantitative estimate of drug-likeness (QED) is 0.603. The van der Waals surface area contributed by atoms with Crippen LogP contribution in [0.15, 0.2) is 18.2 Å². The van der Waals surface area contributed by atoms with Gasteiger partial charge in [0.25, 0.3) is 0 Å². The summed E-state index contributed by atoms with van der Waals surface area (Å²) in [5, 5.41) is 37.8.